The second kappa shape index (κ2) is 7.83. The second-order valence-electron chi connectivity index (χ2n) is 7.08. The average molecular weight is 350 g/mol. The van der Waals surface area contributed by atoms with E-state index in [2.05, 4.69) is 40.3 Å². The SMILES string of the molecule is Oc1ccccc1OCCCN1CCC(c2c[nH]c3ccccc23)CC1. The molecule has 3 aromatic rings. The van der Waals surface area contributed by atoms with Crippen molar-refractivity contribution in [3.8, 4) is 11.5 Å². The van der Waals surface area contributed by atoms with Gasteiger partial charge in [-0.3, -0.25) is 0 Å². The molecule has 136 valence electrons. The Bertz CT molecular complexity index is 850. The topological polar surface area (TPSA) is 48.5 Å². The molecule has 26 heavy (non-hydrogen) atoms. The van der Waals surface area contributed by atoms with Crippen LogP contribution in [0.15, 0.2) is 54.7 Å². The highest BCUT2D eigenvalue weighted by Gasteiger charge is 2.22. The molecule has 0 saturated carbocycles. The normalized spacial score (nSPS) is 16.2. The summed E-state index contributed by atoms with van der Waals surface area (Å²) >= 11 is 0. The third kappa shape index (κ3) is 3.70. The van der Waals surface area contributed by atoms with Gasteiger partial charge in [-0.05, 0) is 62.0 Å². The zero-order valence-corrected chi connectivity index (χ0v) is 15.0. The van der Waals surface area contributed by atoms with Crippen molar-refractivity contribution >= 4 is 10.9 Å². The maximum absolute atomic E-state index is 9.72. The Labute approximate surface area is 154 Å². The Balaban J connectivity index is 1.23. The van der Waals surface area contributed by atoms with Crippen molar-refractivity contribution in [2.24, 2.45) is 0 Å². The van der Waals surface area contributed by atoms with E-state index in [1.807, 2.05) is 12.1 Å². The molecule has 0 bridgehead atoms. The first kappa shape index (κ1) is 17.0. The lowest BCUT2D eigenvalue weighted by Crippen LogP contribution is -2.34. The fraction of sp³-hybridized carbons (Fsp3) is 0.364. The number of likely N-dealkylation sites (tertiary alicyclic amines) is 1. The van der Waals surface area contributed by atoms with E-state index < -0.39 is 0 Å². The molecule has 2 heterocycles. The summed E-state index contributed by atoms with van der Waals surface area (Å²) < 4.78 is 5.68. The van der Waals surface area contributed by atoms with Crippen molar-refractivity contribution in [2.75, 3.05) is 26.2 Å². The van der Waals surface area contributed by atoms with Crippen LogP contribution in [-0.4, -0.2) is 41.2 Å². The smallest absolute Gasteiger partial charge is 0.160 e. The Hall–Kier alpha value is -2.46. The van der Waals surface area contributed by atoms with E-state index in [0.717, 1.165) is 26.1 Å². The van der Waals surface area contributed by atoms with Gasteiger partial charge in [0.15, 0.2) is 11.5 Å². The number of nitrogens with zero attached hydrogens (tertiary/aromatic N) is 1. The van der Waals surface area contributed by atoms with Crippen LogP contribution in [0.5, 0.6) is 11.5 Å². The molecule has 0 radical (unpaired) electrons. The lowest BCUT2D eigenvalue weighted by atomic mass is 9.89. The number of aromatic amines is 1. The van der Waals surface area contributed by atoms with Crippen LogP contribution < -0.4 is 4.74 Å². The minimum atomic E-state index is 0.215. The fourth-order valence-electron chi connectivity index (χ4n) is 3.95. The maximum atomic E-state index is 9.72. The molecule has 4 rings (SSSR count). The molecule has 1 saturated heterocycles. The minimum absolute atomic E-state index is 0.215. The van der Waals surface area contributed by atoms with Gasteiger partial charge in [-0.15, -0.1) is 0 Å². The van der Waals surface area contributed by atoms with E-state index in [-0.39, 0.29) is 5.75 Å². The van der Waals surface area contributed by atoms with Crippen LogP contribution in [0.25, 0.3) is 10.9 Å². The first-order valence-corrected chi connectivity index (χ1v) is 9.50. The number of H-pyrrole nitrogens is 1. The largest absolute Gasteiger partial charge is 0.504 e. The predicted molar refractivity (Wildman–Crippen MR) is 105 cm³/mol. The molecule has 1 fully saturated rings. The number of piperidine rings is 1. The van der Waals surface area contributed by atoms with Crippen LogP contribution in [0.3, 0.4) is 0 Å². The monoisotopic (exact) mass is 350 g/mol. The third-order valence-corrected chi connectivity index (χ3v) is 5.39. The van der Waals surface area contributed by atoms with E-state index in [9.17, 15) is 5.11 Å². The first-order chi connectivity index (χ1) is 12.8. The van der Waals surface area contributed by atoms with Gasteiger partial charge in [0.2, 0.25) is 0 Å². The molecule has 1 aliphatic rings. The molecule has 2 aromatic carbocycles. The molecule has 4 heteroatoms. The van der Waals surface area contributed by atoms with E-state index in [1.165, 1.54) is 29.3 Å². The minimum Gasteiger partial charge on any atom is -0.504 e. The molecule has 0 atom stereocenters. The lowest BCUT2D eigenvalue weighted by Gasteiger charge is -2.31. The highest BCUT2D eigenvalue weighted by atomic mass is 16.5. The van der Waals surface area contributed by atoms with E-state index >= 15 is 0 Å². The fourth-order valence-corrected chi connectivity index (χ4v) is 3.95. The zero-order valence-electron chi connectivity index (χ0n) is 15.0. The number of benzene rings is 2. The summed E-state index contributed by atoms with van der Waals surface area (Å²) in [6.07, 6.45) is 5.60. The van der Waals surface area contributed by atoms with Crippen molar-refractivity contribution in [3.63, 3.8) is 0 Å². The van der Waals surface area contributed by atoms with Gasteiger partial charge in [0, 0.05) is 23.6 Å². The summed E-state index contributed by atoms with van der Waals surface area (Å²) in [5.74, 6) is 1.44. The Morgan fingerprint density at radius 3 is 2.65 bits per heavy atom. The average Bonchev–Trinajstić information content (AvgIpc) is 3.11. The molecular weight excluding hydrogens is 324 g/mol. The molecule has 0 spiro atoms. The molecule has 1 aliphatic heterocycles. The van der Waals surface area contributed by atoms with Crippen LogP contribution >= 0.6 is 0 Å². The Morgan fingerprint density at radius 2 is 1.81 bits per heavy atom. The van der Waals surface area contributed by atoms with Crippen LogP contribution in [0.2, 0.25) is 0 Å². The first-order valence-electron chi connectivity index (χ1n) is 9.50. The molecule has 2 N–H and O–H groups in total. The van der Waals surface area contributed by atoms with Gasteiger partial charge in [0.25, 0.3) is 0 Å². The summed E-state index contributed by atoms with van der Waals surface area (Å²) in [6, 6.07) is 15.7. The zero-order chi connectivity index (χ0) is 17.8. The Kier molecular flexibility index (Phi) is 5.12. The number of ether oxygens (including phenoxy) is 1. The number of hydrogen-bond donors (Lipinski definition) is 2. The van der Waals surface area contributed by atoms with Gasteiger partial charge in [0.1, 0.15) is 0 Å². The summed E-state index contributed by atoms with van der Waals surface area (Å²) in [5.41, 5.74) is 2.72. The highest BCUT2D eigenvalue weighted by Crippen LogP contribution is 2.33. The molecule has 0 unspecified atom stereocenters. The van der Waals surface area contributed by atoms with Crippen LogP contribution in [-0.2, 0) is 0 Å². The van der Waals surface area contributed by atoms with Crippen molar-refractivity contribution < 1.29 is 9.84 Å². The Morgan fingerprint density at radius 1 is 1.04 bits per heavy atom. The van der Waals surface area contributed by atoms with E-state index in [0.29, 0.717) is 18.3 Å². The summed E-state index contributed by atoms with van der Waals surface area (Å²) in [4.78, 5) is 5.94. The van der Waals surface area contributed by atoms with Gasteiger partial charge in [-0.25, -0.2) is 0 Å². The van der Waals surface area contributed by atoms with Gasteiger partial charge in [-0.2, -0.15) is 0 Å². The van der Waals surface area contributed by atoms with Crippen molar-refractivity contribution in [1.29, 1.82) is 0 Å². The van der Waals surface area contributed by atoms with Gasteiger partial charge in [0.05, 0.1) is 6.61 Å². The number of para-hydroxylation sites is 3. The lowest BCUT2D eigenvalue weighted by molar-refractivity contribution is 0.192. The molecular formula is C22H26N2O2. The number of phenols is 1. The number of fused-ring (bicyclic) bond motifs is 1. The van der Waals surface area contributed by atoms with E-state index in [4.69, 9.17) is 4.74 Å². The van der Waals surface area contributed by atoms with Gasteiger partial charge >= 0.3 is 0 Å². The molecule has 1 aromatic heterocycles. The standard InChI is InChI=1S/C22H26N2O2/c25-21-8-3-4-9-22(21)26-15-5-12-24-13-10-17(11-14-24)19-16-23-20-7-2-1-6-18(19)20/h1-4,6-9,16-17,23,25H,5,10-15H2. The van der Waals surface area contributed by atoms with Gasteiger partial charge < -0.3 is 19.7 Å². The number of hydrogen-bond acceptors (Lipinski definition) is 3. The predicted octanol–water partition coefficient (Wildman–Crippen LogP) is 4.52. The van der Waals surface area contributed by atoms with Crippen molar-refractivity contribution in [3.05, 3.63) is 60.3 Å². The highest BCUT2D eigenvalue weighted by molar-refractivity contribution is 5.83. The molecule has 0 amide bonds. The van der Waals surface area contributed by atoms with Crippen molar-refractivity contribution in [1.82, 2.24) is 9.88 Å². The number of aromatic nitrogens is 1. The van der Waals surface area contributed by atoms with Crippen molar-refractivity contribution in [2.45, 2.75) is 25.2 Å². The quantitative estimate of drug-likeness (QED) is 0.643. The molecule has 4 nitrogen and oxygen atoms in total. The van der Waals surface area contributed by atoms with E-state index in [1.54, 1.807) is 12.1 Å². The van der Waals surface area contributed by atoms with Crippen LogP contribution in [0, 0.1) is 0 Å². The third-order valence-electron chi connectivity index (χ3n) is 5.39. The summed E-state index contributed by atoms with van der Waals surface area (Å²) in [7, 11) is 0. The summed E-state index contributed by atoms with van der Waals surface area (Å²) in [5, 5.41) is 11.1. The summed E-state index contributed by atoms with van der Waals surface area (Å²) in [6.45, 7) is 3.97. The number of phenolic OH excluding ortho intramolecular Hbond substituents is 1. The number of nitrogens with one attached hydrogen (secondary N) is 1. The number of rotatable bonds is 6. The van der Waals surface area contributed by atoms with Crippen LogP contribution in [0.4, 0.5) is 0 Å². The van der Waals surface area contributed by atoms with Crippen LogP contribution in [0.1, 0.15) is 30.7 Å². The van der Waals surface area contributed by atoms with Gasteiger partial charge in [-0.1, -0.05) is 30.3 Å². The maximum Gasteiger partial charge on any atom is 0.160 e. The second-order valence-corrected chi connectivity index (χ2v) is 7.08. The molecule has 0 aliphatic carbocycles. The number of aromatic hydroxyl groups is 1.